The van der Waals surface area contributed by atoms with E-state index < -0.39 is 8.07 Å². The van der Waals surface area contributed by atoms with Gasteiger partial charge in [0, 0.05) is 5.56 Å². The third-order valence-electron chi connectivity index (χ3n) is 3.29. The second-order valence-corrected chi connectivity index (χ2v) is 11.0. The minimum absolute atomic E-state index is 0.402. The zero-order valence-corrected chi connectivity index (χ0v) is 13.6. The van der Waals surface area contributed by atoms with Crippen LogP contribution in [0.4, 0.5) is 0 Å². The van der Waals surface area contributed by atoms with Gasteiger partial charge in [0.1, 0.15) is 11.5 Å². The lowest BCUT2D eigenvalue weighted by Gasteiger charge is -2.21. The molecule has 0 unspecified atom stereocenters. The molecule has 0 aliphatic carbocycles. The Morgan fingerprint density at radius 2 is 1.70 bits per heavy atom. The molecule has 0 spiro atoms. The summed E-state index contributed by atoms with van der Waals surface area (Å²) in [5, 5.41) is 11.7. The Bertz CT molecular complexity index is 586. The number of hydrogen-bond acceptors (Lipinski definition) is 2. The van der Waals surface area contributed by atoms with E-state index in [2.05, 4.69) is 19.6 Å². The highest BCUT2D eigenvalue weighted by molar-refractivity contribution is 6.89. The van der Waals surface area contributed by atoms with Crippen LogP contribution < -0.4 is 9.92 Å². The van der Waals surface area contributed by atoms with Gasteiger partial charge in [-0.3, -0.25) is 0 Å². The number of phenols is 1. The van der Waals surface area contributed by atoms with Crippen LogP contribution in [0.5, 0.6) is 11.5 Å². The minimum atomic E-state index is -1.63. The normalized spacial score (nSPS) is 11.4. The van der Waals surface area contributed by atoms with Crippen LogP contribution >= 0.6 is 0 Å². The Hall–Kier alpha value is -1.74. The van der Waals surface area contributed by atoms with Gasteiger partial charge in [-0.25, -0.2) is 0 Å². The van der Waals surface area contributed by atoms with Gasteiger partial charge in [-0.15, -0.1) is 0 Å². The molecule has 0 bridgehead atoms. The van der Waals surface area contributed by atoms with Crippen molar-refractivity contribution in [2.75, 3.05) is 6.61 Å². The summed E-state index contributed by atoms with van der Waals surface area (Å²) in [6.45, 7) is 9.29. The molecule has 0 radical (unpaired) electrons. The number of benzene rings is 2. The highest BCUT2D eigenvalue weighted by Gasteiger charge is 2.24. The number of ether oxygens (including phenoxy) is 1. The number of hydrogen-bond donors (Lipinski definition) is 1. The van der Waals surface area contributed by atoms with Gasteiger partial charge in [-0.1, -0.05) is 50.0 Å². The first-order valence-corrected chi connectivity index (χ1v) is 10.5. The third kappa shape index (κ3) is 3.04. The smallest absolute Gasteiger partial charge is 0.122 e. The molecule has 0 aliphatic rings. The van der Waals surface area contributed by atoms with Crippen molar-refractivity contribution in [3.05, 3.63) is 42.5 Å². The third-order valence-corrected chi connectivity index (χ3v) is 5.28. The second-order valence-electron chi connectivity index (χ2n) is 5.92. The molecule has 20 heavy (non-hydrogen) atoms. The standard InChI is InChI=1S/C17H22O2Si/c1-5-19-14-11-15(13-9-7-6-8-10-13)17(18)16(12-14)20(2,3)4/h6-12,18H,5H2,1-4H3. The fraction of sp³-hybridized carbons (Fsp3) is 0.294. The van der Waals surface area contributed by atoms with E-state index in [4.69, 9.17) is 4.74 Å². The highest BCUT2D eigenvalue weighted by Crippen LogP contribution is 2.33. The quantitative estimate of drug-likeness (QED) is 0.861. The first kappa shape index (κ1) is 14.7. The Morgan fingerprint density at radius 1 is 1.05 bits per heavy atom. The molecule has 0 amide bonds. The molecular formula is C17H22O2Si. The molecule has 2 aromatic carbocycles. The van der Waals surface area contributed by atoms with E-state index >= 15 is 0 Å². The lowest BCUT2D eigenvalue weighted by atomic mass is 10.0. The van der Waals surface area contributed by atoms with Gasteiger partial charge in [0.05, 0.1) is 14.7 Å². The molecule has 2 nitrogen and oxygen atoms in total. The Kier molecular flexibility index (Phi) is 4.19. The maximum absolute atomic E-state index is 10.6. The topological polar surface area (TPSA) is 29.5 Å². The number of phenolic OH excluding ortho intramolecular Hbond substituents is 1. The van der Waals surface area contributed by atoms with E-state index in [1.54, 1.807) is 0 Å². The van der Waals surface area contributed by atoms with Crippen LogP contribution in [0.2, 0.25) is 19.6 Å². The van der Waals surface area contributed by atoms with Crippen LogP contribution in [-0.4, -0.2) is 19.8 Å². The molecule has 106 valence electrons. The lowest BCUT2D eigenvalue weighted by Crippen LogP contribution is -2.38. The fourth-order valence-corrected chi connectivity index (χ4v) is 3.69. The summed E-state index contributed by atoms with van der Waals surface area (Å²) in [4.78, 5) is 0. The molecule has 0 heterocycles. The van der Waals surface area contributed by atoms with Crippen LogP contribution in [0.1, 0.15) is 6.92 Å². The van der Waals surface area contributed by atoms with Crippen molar-refractivity contribution in [1.82, 2.24) is 0 Å². The van der Waals surface area contributed by atoms with Crippen LogP contribution in [0, 0.1) is 0 Å². The largest absolute Gasteiger partial charge is 0.507 e. The van der Waals surface area contributed by atoms with Crippen molar-refractivity contribution in [3.8, 4) is 22.6 Å². The van der Waals surface area contributed by atoms with Crippen LogP contribution in [0.25, 0.3) is 11.1 Å². The summed E-state index contributed by atoms with van der Waals surface area (Å²) in [7, 11) is -1.63. The predicted molar refractivity (Wildman–Crippen MR) is 87.7 cm³/mol. The molecule has 3 heteroatoms. The Morgan fingerprint density at radius 3 is 2.25 bits per heavy atom. The molecule has 1 N–H and O–H groups in total. The highest BCUT2D eigenvalue weighted by atomic mass is 28.3. The van der Waals surface area contributed by atoms with Crippen molar-refractivity contribution in [2.45, 2.75) is 26.6 Å². The minimum Gasteiger partial charge on any atom is -0.507 e. The average molecular weight is 286 g/mol. The Balaban J connectivity index is 2.64. The summed E-state index contributed by atoms with van der Waals surface area (Å²) in [6.07, 6.45) is 0. The van der Waals surface area contributed by atoms with Crippen molar-refractivity contribution in [1.29, 1.82) is 0 Å². The van der Waals surface area contributed by atoms with E-state index in [9.17, 15) is 5.11 Å². The Labute approximate surface area is 122 Å². The predicted octanol–water partition coefficient (Wildman–Crippen LogP) is 4.00. The SMILES string of the molecule is CCOc1cc(-c2ccccc2)c(O)c([Si](C)(C)C)c1. The fourth-order valence-electron chi connectivity index (χ4n) is 2.27. The number of rotatable bonds is 4. The van der Waals surface area contributed by atoms with Gasteiger partial charge >= 0.3 is 0 Å². The van der Waals surface area contributed by atoms with E-state index in [1.165, 1.54) is 0 Å². The van der Waals surface area contributed by atoms with Gasteiger partial charge in [0.15, 0.2) is 0 Å². The van der Waals surface area contributed by atoms with E-state index in [0.717, 1.165) is 22.1 Å². The van der Waals surface area contributed by atoms with Gasteiger partial charge < -0.3 is 9.84 Å². The molecule has 0 saturated heterocycles. The average Bonchev–Trinajstić information content (AvgIpc) is 2.40. The van der Waals surface area contributed by atoms with Gasteiger partial charge in [-0.05, 0) is 29.8 Å². The molecule has 0 fully saturated rings. The maximum Gasteiger partial charge on any atom is 0.122 e. The lowest BCUT2D eigenvalue weighted by molar-refractivity contribution is 0.340. The van der Waals surface area contributed by atoms with Gasteiger partial charge in [0.2, 0.25) is 0 Å². The van der Waals surface area contributed by atoms with E-state index in [1.807, 2.05) is 49.4 Å². The molecule has 0 aromatic heterocycles. The summed E-state index contributed by atoms with van der Waals surface area (Å²) >= 11 is 0. The van der Waals surface area contributed by atoms with Crippen LogP contribution in [0.15, 0.2) is 42.5 Å². The molecule has 0 saturated carbocycles. The first-order chi connectivity index (χ1) is 9.43. The maximum atomic E-state index is 10.6. The summed E-state index contributed by atoms with van der Waals surface area (Å²) in [5.41, 5.74) is 1.88. The first-order valence-electron chi connectivity index (χ1n) is 6.99. The second kappa shape index (κ2) is 5.71. The molecule has 2 rings (SSSR count). The zero-order valence-electron chi connectivity index (χ0n) is 12.6. The molecule has 0 atom stereocenters. The monoisotopic (exact) mass is 286 g/mol. The summed E-state index contributed by atoms with van der Waals surface area (Å²) < 4.78 is 5.67. The molecular weight excluding hydrogens is 264 g/mol. The van der Waals surface area contributed by atoms with Gasteiger partial charge in [-0.2, -0.15) is 0 Å². The van der Waals surface area contributed by atoms with Crippen molar-refractivity contribution in [2.24, 2.45) is 0 Å². The zero-order chi connectivity index (χ0) is 14.8. The molecule has 0 aliphatic heterocycles. The van der Waals surface area contributed by atoms with Crippen molar-refractivity contribution < 1.29 is 9.84 Å². The van der Waals surface area contributed by atoms with Crippen molar-refractivity contribution in [3.63, 3.8) is 0 Å². The van der Waals surface area contributed by atoms with Crippen molar-refractivity contribution >= 4 is 13.3 Å². The van der Waals surface area contributed by atoms with Gasteiger partial charge in [0.25, 0.3) is 0 Å². The van der Waals surface area contributed by atoms with E-state index in [0.29, 0.717) is 12.4 Å². The van der Waals surface area contributed by atoms with E-state index in [-0.39, 0.29) is 0 Å². The van der Waals surface area contributed by atoms with Crippen LogP contribution in [0.3, 0.4) is 0 Å². The summed E-state index contributed by atoms with van der Waals surface area (Å²) in [6, 6.07) is 13.9. The van der Waals surface area contributed by atoms with Crippen LogP contribution in [-0.2, 0) is 0 Å². The molecule has 2 aromatic rings. The summed E-state index contributed by atoms with van der Waals surface area (Å²) in [5.74, 6) is 1.24. The number of aromatic hydroxyl groups is 1.